The molecule has 0 unspecified atom stereocenters. The number of hydrogen-bond donors (Lipinski definition) is 3. The first kappa shape index (κ1) is 11.3. The molecule has 0 saturated heterocycles. The van der Waals surface area contributed by atoms with E-state index in [-0.39, 0.29) is 12.5 Å². The zero-order valence-electron chi connectivity index (χ0n) is 10.1. The van der Waals surface area contributed by atoms with E-state index in [1.54, 1.807) is 0 Å². The van der Waals surface area contributed by atoms with Crippen LogP contribution in [0.1, 0.15) is 18.4 Å². The van der Waals surface area contributed by atoms with Crippen molar-refractivity contribution in [3.05, 3.63) is 36.0 Å². The lowest BCUT2D eigenvalue weighted by Crippen LogP contribution is -2.33. The maximum atomic E-state index is 11.9. The summed E-state index contributed by atoms with van der Waals surface area (Å²) in [6.07, 6.45) is 3.51. The van der Waals surface area contributed by atoms with Gasteiger partial charge in [-0.1, -0.05) is 18.2 Å². The number of rotatable bonds is 4. The van der Waals surface area contributed by atoms with E-state index in [0.29, 0.717) is 6.54 Å². The Bertz CT molecular complexity index is 584. The number of carbonyl (C=O) groups is 1. The van der Waals surface area contributed by atoms with Crippen LogP contribution in [0.25, 0.3) is 10.9 Å². The number of benzene rings is 1. The van der Waals surface area contributed by atoms with E-state index >= 15 is 0 Å². The molecule has 3 N–H and O–H groups in total. The zero-order chi connectivity index (χ0) is 12.6. The van der Waals surface area contributed by atoms with Crippen molar-refractivity contribution in [2.24, 2.45) is 5.41 Å². The van der Waals surface area contributed by atoms with Crippen LogP contribution < -0.4 is 5.32 Å². The molecule has 1 aromatic carbocycles. The fourth-order valence-corrected chi connectivity index (χ4v) is 2.25. The number of para-hydroxylation sites is 1. The predicted octanol–water partition coefficient (Wildman–Crippen LogP) is 1.56. The van der Waals surface area contributed by atoms with Gasteiger partial charge in [0.05, 0.1) is 12.0 Å². The lowest BCUT2D eigenvalue weighted by Gasteiger charge is -2.11. The predicted molar refractivity (Wildman–Crippen MR) is 68.9 cm³/mol. The van der Waals surface area contributed by atoms with Gasteiger partial charge in [-0.3, -0.25) is 4.79 Å². The van der Waals surface area contributed by atoms with Crippen LogP contribution in [0, 0.1) is 5.41 Å². The lowest BCUT2D eigenvalue weighted by molar-refractivity contribution is -0.127. The van der Waals surface area contributed by atoms with Crippen LogP contribution >= 0.6 is 0 Å². The van der Waals surface area contributed by atoms with E-state index in [9.17, 15) is 9.90 Å². The molecule has 18 heavy (non-hydrogen) atoms. The number of amides is 1. The second-order valence-electron chi connectivity index (χ2n) is 4.98. The van der Waals surface area contributed by atoms with Crippen LogP contribution in [0.15, 0.2) is 30.5 Å². The van der Waals surface area contributed by atoms with Crippen molar-refractivity contribution in [3.8, 4) is 0 Å². The highest BCUT2D eigenvalue weighted by Gasteiger charge is 2.49. The first-order valence-electron chi connectivity index (χ1n) is 6.19. The fourth-order valence-electron chi connectivity index (χ4n) is 2.25. The van der Waals surface area contributed by atoms with Gasteiger partial charge in [0.1, 0.15) is 0 Å². The molecular weight excluding hydrogens is 228 g/mol. The Balaban J connectivity index is 1.72. The van der Waals surface area contributed by atoms with Gasteiger partial charge in [-0.2, -0.15) is 0 Å². The molecule has 4 nitrogen and oxygen atoms in total. The molecule has 0 radical (unpaired) electrons. The molecule has 1 amide bonds. The van der Waals surface area contributed by atoms with Crippen molar-refractivity contribution in [3.63, 3.8) is 0 Å². The zero-order valence-corrected chi connectivity index (χ0v) is 10.1. The van der Waals surface area contributed by atoms with Crippen LogP contribution in [0.5, 0.6) is 0 Å². The highest BCUT2D eigenvalue weighted by Crippen LogP contribution is 2.45. The van der Waals surface area contributed by atoms with E-state index in [1.165, 1.54) is 0 Å². The largest absolute Gasteiger partial charge is 0.395 e. The third-order valence-corrected chi connectivity index (χ3v) is 3.75. The van der Waals surface area contributed by atoms with E-state index in [2.05, 4.69) is 10.3 Å². The topological polar surface area (TPSA) is 65.1 Å². The summed E-state index contributed by atoms with van der Waals surface area (Å²) in [4.78, 5) is 15.1. The Labute approximate surface area is 105 Å². The van der Waals surface area contributed by atoms with Gasteiger partial charge in [0.15, 0.2) is 0 Å². The summed E-state index contributed by atoms with van der Waals surface area (Å²) in [5.41, 5.74) is 1.66. The van der Waals surface area contributed by atoms with Crippen LogP contribution in [-0.2, 0) is 11.3 Å². The minimum absolute atomic E-state index is 0.0321. The quantitative estimate of drug-likeness (QED) is 0.764. The molecular formula is C14H16N2O2. The third kappa shape index (κ3) is 1.78. The molecule has 1 aromatic heterocycles. The van der Waals surface area contributed by atoms with Gasteiger partial charge in [-0.25, -0.2) is 0 Å². The second kappa shape index (κ2) is 4.14. The Morgan fingerprint density at radius 3 is 2.89 bits per heavy atom. The van der Waals surface area contributed by atoms with Crippen LogP contribution in [0.4, 0.5) is 0 Å². The summed E-state index contributed by atoms with van der Waals surface area (Å²) in [7, 11) is 0. The molecule has 0 atom stereocenters. The summed E-state index contributed by atoms with van der Waals surface area (Å²) in [6.45, 7) is 0.456. The molecule has 0 spiro atoms. The van der Waals surface area contributed by atoms with Gasteiger partial charge >= 0.3 is 0 Å². The number of H-pyrrole nitrogens is 1. The molecule has 1 aliphatic rings. The Morgan fingerprint density at radius 2 is 2.17 bits per heavy atom. The number of aliphatic hydroxyl groups is 1. The summed E-state index contributed by atoms with van der Waals surface area (Å²) in [6, 6.07) is 8.01. The summed E-state index contributed by atoms with van der Waals surface area (Å²) in [5.74, 6) is -0.0321. The minimum Gasteiger partial charge on any atom is -0.395 e. The van der Waals surface area contributed by atoms with Crippen molar-refractivity contribution in [2.45, 2.75) is 19.4 Å². The third-order valence-electron chi connectivity index (χ3n) is 3.75. The molecule has 3 rings (SSSR count). The van der Waals surface area contributed by atoms with Gasteiger partial charge in [0, 0.05) is 23.6 Å². The first-order valence-corrected chi connectivity index (χ1v) is 6.19. The average Bonchev–Trinajstić information content (AvgIpc) is 3.11. The number of aliphatic hydroxyl groups excluding tert-OH is 1. The second-order valence-corrected chi connectivity index (χ2v) is 4.98. The number of carbonyl (C=O) groups excluding carboxylic acids is 1. The normalized spacial score (nSPS) is 16.7. The smallest absolute Gasteiger partial charge is 0.228 e. The molecule has 1 aliphatic carbocycles. The average molecular weight is 244 g/mol. The van der Waals surface area contributed by atoms with Crippen LogP contribution in [-0.4, -0.2) is 22.6 Å². The van der Waals surface area contributed by atoms with Crippen molar-refractivity contribution in [2.75, 3.05) is 6.61 Å². The van der Waals surface area contributed by atoms with E-state index in [4.69, 9.17) is 0 Å². The Morgan fingerprint density at radius 1 is 1.39 bits per heavy atom. The van der Waals surface area contributed by atoms with Gasteiger partial charge in [0.25, 0.3) is 0 Å². The first-order chi connectivity index (χ1) is 8.75. The Kier molecular flexibility index (Phi) is 2.59. The molecule has 1 heterocycles. The van der Waals surface area contributed by atoms with Gasteiger partial charge in [0.2, 0.25) is 5.91 Å². The highest BCUT2D eigenvalue weighted by atomic mass is 16.3. The lowest BCUT2D eigenvalue weighted by atomic mass is 10.1. The van der Waals surface area contributed by atoms with E-state index < -0.39 is 5.41 Å². The molecule has 0 bridgehead atoms. The van der Waals surface area contributed by atoms with Crippen molar-refractivity contribution < 1.29 is 9.90 Å². The van der Waals surface area contributed by atoms with Crippen LogP contribution in [0.2, 0.25) is 0 Å². The minimum atomic E-state index is -0.494. The van der Waals surface area contributed by atoms with Crippen molar-refractivity contribution >= 4 is 16.8 Å². The monoisotopic (exact) mass is 244 g/mol. The standard InChI is InChI=1S/C14H16N2O2/c17-9-14(5-6-14)13(18)16-8-10-7-15-12-4-2-1-3-11(10)12/h1-4,7,15,17H,5-6,8-9H2,(H,16,18). The number of aromatic nitrogens is 1. The van der Waals surface area contributed by atoms with Gasteiger partial charge in [-0.05, 0) is 24.5 Å². The number of fused-ring (bicyclic) bond motifs is 1. The van der Waals surface area contributed by atoms with Crippen LogP contribution in [0.3, 0.4) is 0 Å². The van der Waals surface area contributed by atoms with Gasteiger partial charge < -0.3 is 15.4 Å². The molecule has 4 heteroatoms. The maximum absolute atomic E-state index is 11.9. The number of aromatic amines is 1. The van der Waals surface area contributed by atoms with Gasteiger partial charge in [-0.15, -0.1) is 0 Å². The summed E-state index contributed by atoms with van der Waals surface area (Å²) >= 11 is 0. The fraction of sp³-hybridized carbons (Fsp3) is 0.357. The molecule has 1 fully saturated rings. The number of hydrogen-bond acceptors (Lipinski definition) is 2. The highest BCUT2D eigenvalue weighted by molar-refractivity contribution is 5.87. The molecule has 1 saturated carbocycles. The van der Waals surface area contributed by atoms with Crippen molar-refractivity contribution in [1.29, 1.82) is 0 Å². The maximum Gasteiger partial charge on any atom is 0.228 e. The summed E-state index contributed by atoms with van der Waals surface area (Å²) < 4.78 is 0. The summed E-state index contributed by atoms with van der Waals surface area (Å²) in [5, 5.41) is 13.2. The van der Waals surface area contributed by atoms with E-state index in [0.717, 1.165) is 29.3 Å². The molecule has 2 aromatic rings. The SMILES string of the molecule is O=C(NCc1c[nH]c2ccccc12)C1(CO)CC1. The molecule has 0 aliphatic heterocycles. The van der Waals surface area contributed by atoms with E-state index in [1.807, 2.05) is 30.5 Å². The number of nitrogens with one attached hydrogen (secondary N) is 2. The molecule has 94 valence electrons. The van der Waals surface area contributed by atoms with Crippen molar-refractivity contribution in [1.82, 2.24) is 10.3 Å². The Hall–Kier alpha value is -1.81.